The molecule has 2 N–H and O–H groups in total. The number of benzene rings is 2. The van der Waals surface area contributed by atoms with E-state index in [-0.39, 0.29) is 29.7 Å². The fourth-order valence-corrected chi connectivity index (χ4v) is 3.35. The second-order valence-electron chi connectivity index (χ2n) is 7.57. The summed E-state index contributed by atoms with van der Waals surface area (Å²) >= 11 is 0. The molecule has 0 spiro atoms. The molecule has 29 heavy (non-hydrogen) atoms. The highest BCUT2D eigenvalue weighted by Crippen LogP contribution is 2.38. The maximum atomic E-state index is 14.0. The van der Waals surface area contributed by atoms with E-state index >= 15 is 0 Å². The van der Waals surface area contributed by atoms with Crippen LogP contribution in [0.4, 0.5) is 15.8 Å². The van der Waals surface area contributed by atoms with Gasteiger partial charge >= 0.3 is 0 Å². The molecule has 0 unspecified atom stereocenters. The first-order chi connectivity index (χ1) is 13.8. The largest absolute Gasteiger partial charge is 0.441 e. The number of halogens is 1. The lowest BCUT2D eigenvalue weighted by Gasteiger charge is -2.16. The molecule has 0 fully saturated rings. The van der Waals surface area contributed by atoms with Crippen LogP contribution in [0.25, 0.3) is 11.5 Å². The van der Waals surface area contributed by atoms with Crippen LogP contribution < -0.4 is 10.6 Å². The lowest BCUT2D eigenvalue weighted by molar-refractivity contribution is -0.119. The maximum absolute atomic E-state index is 14.0. The summed E-state index contributed by atoms with van der Waals surface area (Å²) in [4.78, 5) is 28.9. The second-order valence-corrected chi connectivity index (χ2v) is 7.57. The standard InChI is InChI=1S/C22H20FN3O3/c1-12-18(25-20(29-12)14-6-4-5-7-16(14)23)11-19(27)24-13-8-9-17-15(10-13)22(2,3)21(28)26-17/h4-10H,11H2,1-3H3,(H,24,27)(H,26,28). The van der Waals surface area contributed by atoms with Crippen LogP contribution in [-0.4, -0.2) is 16.8 Å². The summed E-state index contributed by atoms with van der Waals surface area (Å²) in [5.41, 5.74) is 2.21. The lowest BCUT2D eigenvalue weighted by atomic mass is 9.86. The first-order valence-electron chi connectivity index (χ1n) is 9.23. The Morgan fingerprint density at radius 1 is 1.24 bits per heavy atom. The smallest absolute Gasteiger partial charge is 0.234 e. The van der Waals surface area contributed by atoms with E-state index in [1.54, 1.807) is 43.3 Å². The number of aryl methyl sites for hydroxylation is 1. The summed E-state index contributed by atoms with van der Waals surface area (Å²) in [6, 6.07) is 11.5. The van der Waals surface area contributed by atoms with Crippen molar-refractivity contribution >= 4 is 23.2 Å². The van der Waals surface area contributed by atoms with Crippen LogP contribution in [0.1, 0.15) is 30.9 Å². The van der Waals surface area contributed by atoms with Gasteiger partial charge in [-0.15, -0.1) is 0 Å². The van der Waals surface area contributed by atoms with Gasteiger partial charge in [0.1, 0.15) is 11.6 Å². The summed E-state index contributed by atoms with van der Waals surface area (Å²) < 4.78 is 19.5. The third-order valence-electron chi connectivity index (χ3n) is 5.12. The number of anilines is 2. The summed E-state index contributed by atoms with van der Waals surface area (Å²) in [6.07, 6.45) is -0.0125. The van der Waals surface area contributed by atoms with Crippen LogP contribution >= 0.6 is 0 Å². The average molecular weight is 393 g/mol. The number of carbonyl (C=O) groups excluding carboxylic acids is 2. The van der Waals surface area contributed by atoms with Gasteiger partial charge in [0.2, 0.25) is 17.7 Å². The van der Waals surface area contributed by atoms with E-state index in [4.69, 9.17) is 4.42 Å². The van der Waals surface area contributed by atoms with E-state index in [0.29, 0.717) is 17.1 Å². The SMILES string of the molecule is Cc1oc(-c2ccccc2F)nc1CC(=O)Nc1ccc2c(c1)C(C)(C)C(=O)N2. The molecular formula is C22H20FN3O3. The molecule has 4 rings (SSSR count). The molecule has 2 amide bonds. The zero-order chi connectivity index (χ0) is 20.8. The maximum Gasteiger partial charge on any atom is 0.234 e. The second kappa shape index (κ2) is 6.84. The Kier molecular flexibility index (Phi) is 4.45. The molecule has 3 aromatic rings. The number of aromatic nitrogens is 1. The molecule has 1 aliphatic rings. The lowest BCUT2D eigenvalue weighted by Crippen LogP contribution is -2.27. The van der Waals surface area contributed by atoms with Gasteiger partial charge in [-0.05, 0) is 56.7 Å². The molecule has 0 saturated heterocycles. The number of rotatable bonds is 4. The van der Waals surface area contributed by atoms with Gasteiger partial charge in [-0.2, -0.15) is 0 Å². The number of fused-ring (bicyclic) bond motifs is 1. The van der Waals surface area contributed by atoms with Gasteiger partial charge in [0, 0.05) is 11.4 Å². The van der Waals surface area contributed by atoms with Crippen molar-refractivity contribution < 1.29 is 18.4 Å². The Morgan fingerprint density at radius 2 is 2.00 bits per heavy atom. The first-order valence-corrected chi connectivity index (χ1v) is 9.23. The normalized spacial score (nSPS) is 14.4. The van der Waals surface area contributed by atoms with Crippen molar-refractivity contribution in [3.8, 4) is 11.5 Å². The van der Waals surface area contributed by atoms with Crippen LogP contribution in [0.5, 0.6) is 0 Å². The Hall–Kier alpha value is -3.48. The van der Waals surface area contributed by atoms with Gasteiger partial charge in [0.15, 0.2) is 0 Å². The van der Waals surface area contributed by atoms with Crippen molar-refractivity contribution in [3.05, 3.63) is 65.3 Å². The third-order valence-corrected chi connectivity index (χ3v) is 5.12. The molecule has 7 heteroatoms. The predicted molar refractivity (Wildman–Crippen MR) is 107 cm³/mol. The predicted octanol–water partition coefficient (Wildman–Crippen LogP) is 4.20. The fourth-order valence-electron chi connectivity index (χ4n) is 3.35. The fraction of sp³-hybridized carbons (Fsp3) is 0.227. The van der Waals surface area contributed by atoms with E-state index in [9.17, 15) is 14.0 Å². The molecule has 0 saturated carbocycles. The van der Waals surface area contributed by atoms with Crippen LogP contribution in [0.15, 0.2) is 46.9 Å². The van der Waals surface area contributed by atoms with Crippen molar-refractivity contribution in [1.82, 2.24) is 4.98 Å². The summed E-state index contributed by atoms with van der Waals surface area (Å²) in [7, 11) is 0. The Bertz CT molecular complexity index is 1130. The quantitative estimate of drug-likeness (QED) is 0.696. The molecule has 1 aromatic heterocycles. The zero-order valence-electron chi connectivity index (χ0n) is 16.3. The number of amides is 2. The van der Waals surface area contributed by atoms with E-state index < -0.39 is 11.2 Å². The van der Waals surface area contributed by atoms with Gasteiger partial charge in [-0.1, -0.05) is 12.1 Å². The van der Waals surface area contributed by atoms with Gasteiger partial charge < -0.3 is 15.1 Å². The number of oxazole rings is 1. The van der Waals surface area contributed by atoms with Crippen molar-refractivity contribution in [2.24, 2.45) is 0 Å². The summed E-state index contributed by atoms with van der Waals surface area (Å²) in [5.74, 6) is -0.185. The monoisotopic (exact) mass is 393 g/mol. The number of nitrogens with zero attached hydrogens (tertiary/aromatic N) is 1. The molecule has 2 aromatic carbocycles. The number of nitrogens with one attached hydrogen (secondary N) is 2. The number of hydrogen-bond acceptors (Lipinski definition) is 4. The van der Waals surface area contributed by atoms with Crippen LogP contribution in [0, 0.1) is 12.7 Å². The Labute approximate surface area is 167 Å². The molecule has 6 nitrogen and oxygen atoms in total. The van der Waals surface area contributed by atoms with Crippen molar-refractivity contribution in [2.75, 3.05) is 10.6 Å². The topological polar surface area (TPSA) is 84.2 Å². The number of hydrogen-bond donors (Lipinski definition) is 2. The zero-order valence-corrected chi connectivity index (χ0v) is 16.3. The number of carbonyl (C=O) groups is 2. The van der Waals surface area contributed by atoms with E-state index in [0.717, 1.165) is 11.3 Å². The van der Waals surface area contributed by atoms with E-state index in [1.165, 1.54) is 6.07 Å². The van der Waals surface area contributed by atoms with Crippen LogP contribution in [-0.2, 0) is 21.4 Å². The minimum Gasteiger partial charge on any atom is -0.441 e. The van der Waals surface area contributed by atoms with Crippen molar-refractivity contribution in [2.45, 2.75) is 32.6 Å². The van der Waals surface area contributed by atoms with E-state index in [1.807, 2.05) is 13.8 Å². The minimum atomic E-state index is -0.659. The highest BCUT2D eigenvalue weighted by molar-refractivity contribution is 6.06. The highest BCUT2D eigenvalue weighted by atomic mass is 19.1. The minimum absolute atomic E-state index is 0.0125. The van der Waals surface area contributed by atoms with Crippen LogP contribution in [0.2, 0.25) is 0 Å². The van der Waals surface area contributed by atoms with Gasteiger partial charge in [0.05, 0.1) is 23.1 Å². The molecular weight excluding hydrogens is 373 g/mol. The Balaban J connectivity index is 1.51. The highest BCUT2D eigenvalue weighted by Gasteiger charge is 2.38. The van der Waals surface area contributed by atoms with Crippen molar-refractivity contribution in [3.63, 3.8) is 0 Å². The van der Waals surface area contributed by atoms with E-state index in [2.05, 4.69) is 15.6 Å². The van der Waals surface area contributed by atoms with Gasteiger partial charge in [0.25, 0.3) is 0 Å². The molecule has 148 valence electrons. The molecule has 0 radical (unpaired) electrons. The molecule has 1 aliphatic heterocycles. The van der Waals surface area contributed by atoms with Gasteiger partial charge in [-0.25, -0.2) is 9.37 Å². The summed E-state index contributed by atoms with van der Waals surface area (Å²) in [5, 5.41) is 5.66. The molecule has 2 heterocycles. The van der Waals surface area contributed by atoms with Crippen molar-refractivity contribution in [1.29, 1.82) is 0 Å². The molecule has 0 aliphatic carbocycles. The molecule has 0 atom stereocenters. The van der Waals surface area contributed by atoms with Crippen LogP contribution in [0.3, 0.4) is 0 Å². The third kappa shape index (κ3) is 3.40. The van der Waals surface area contributed by atoms with Gasteiger partial charge in [-0.3, -0.25) is 9.59 Å². The summed E-state index contributed by atoms with van der Waals surface area (Å²) in [6.45, 7) is 5.36. The average Bonchev–Trinajstić information content (AvgIpc) is 3.13. The Morgan fingerprint density at radius 3 is 2.76 bits per heavy atom. The first kappa shape index (κ1) is 18.9. The molecule has 0 bridgehead atoms.